The van der Waals surface area contributed by atoms with E-state index in [1.807, 2.05) is 68.4 Å². The summed E-state index contributed by atoms with van der Waals surface area (Å²) < 4.78 is 10.2. The molecular formula is C34H36ClN3O5. The second-order valence-corrected chi connectivity index (χ2v) is 11.8. The SMILES string of the molecule is COC(=O)c1c[nH]c(-c2cc(-c3cccc(Cl)c3)cc(C(C)NC(=O)c3cc(CNC(=O)OC(C)(C)C)ccc3C)c2)c1. The molecule has 0 bridgehead atoms. The van der Waals surface area contributed by atoms with Gasteiger partial charge in [0.15, 0.2) is 0 Å². The molecule has 4 aromatic rings. The van der Waals surface area contributed by atoms with Crippen molar-refractivity contribution >= 4 is 29.6 Å². The molecule has 8 nitrogen and oxygen atoms in total. The first-order valence-electron chi connectivity index (χ1n) is 13.9. The van der Waals surface area contributed by atoms with E-state index in [0.29, 0.717) is 16.1 Å². The monoisotopic (exact) mass is 601 g/mol. The summed E-state index contributed by atoms with van der Waals surface area (Å²) in [6, 6.07) is 20.4. The lowest BCUT2D eigenvalue weighted by molar-refractivity contribution is 0.0522. The first-order chi connectivity index (χ1) is 20.3. The summed E-state index contributed by atoms with van der Waals surface area (Å²) in [4.78, 5) is 40.8. The zero-order valence-corrected chi connectivity index (χ0v) is 25.9. The van der Waals surface area contributed by atoms with E-state index in [9.17, 15) is 14.4 Å². The van der Waals surface area contributed by atoms with E-state index in [-0.39, 0.29) is 18.5 Å². The topological polar surface area (TPSA) is 110 Å². The number of alkyl carbamates (subject to hydrolysis) is 1. The van der Waals surface area contributed by atoms with E-state index in [1.54, 1.807) is 39.1 Å². The van der Waals surface area contributed by atoms with Gasteiger partial charge >= 0.3 is 12.1 Å². The molecule has 3 aromatic carbocycles. The molecule has 1 aromatic heterocycles. The number of aromatic amines is 1. The lowest BCUT2D eigenvalue weighted by Gasteiger charge is -2.20. The minimum atomic E-state index is -0.604. The summed E-state index contributed by atoms with van der Waals surface area (Å²) >= 11 is 6.30. The molecule has 9 heteroatoms. The number of carbonyl (C=O) groups is 3. The molecule has 1 unspecified atom stereocenters. The zero-order chi connectivity index (χ0) is 31.3. The fraction of sp³-hybridized carbons (Fsp3) is 0.265. The van der Waals surface area contributed by atoms with E-state index >= 15 is 0 Å². The summed E-state index contributed by atoms with van der Waals surface area (Å²) in [6.45, 7) is 9.40. The van der Waals surface area contributed by atoms with Gasteiger partial charge in [0.2, 0.25) is 0 Å². The van der Waals surface area contributed by atoms with Crippen LogP contribution in [0.4, 0.5) is 4.79 Å². The summed E-state index contributed by atoms with van der Waals surface area (Å²) in [7, 11) is 1.34. The summed E-state index contributed by atoms with van der Waals surface area (Å²) in [6.07, 6.45) is 1.08. The van der Waals surface area contributed by atoms with Gasteiger partial charge in [0.1, 0.15) is 5.60 Å². The van der Waals surface area contributed by atoms with E-state index < -0.39 is 17.7 Å². The Bertz CT molecular complexity index is 1650. The van der Waals surface area contributed by atoms with Crippen molar-refractivity contribution in [2.45, 2.75) is 52.8 Å². The number of carbonyl (C=O) groups excluding carboxylic acids is 3. The molecule has 1 atom stereocenters. The summed E-state index contributed by atoms with van der Waals surface area (Å²) in [5, 5.41) is 6.46. The van der Waals surface area contributed by atoms with Gasteiger partial charge in [-0.15, -0.1) is 0 Å². The predicted octanol–water partition coefficient (Wildman–Crippen LogP) is 7.61. The van der Waals surface area contributed by atoms with E-state index in [1.165, 1.54) is 7.11 Å². The van der Waals surface area contributed by atoms with Crippen LogP contribution in [0.1, 0.15) is 71.1 Å². The van der Waals surface area contributed by atoms with Crippen molar-refractivity contribution in [3.63, 3.8) is 0 Å². The highest BCUT2D eigenvalue weighted by molar-refractivity contribution is 6.30. The van der Waals surface area contributed by atoms with Gasteiger partial charge in [0.25, 0.3) is 5.91 Å². The fourth-order valence-corrected chi connectivity index (χ4v) is 4.75. The summed E-state index contributed by atoms with van der Waals surface area (Å²) in [5.74, 6) is -0.681. The maximum atomic E-state index is 13.5. The van der Waals surface area contributed by atoms with Crippen molar-refractivity contribution in [3.8, 4) is 22.4 Å². The average Bonchev–Trinajstić information content (AvgIpc) is 3.46. The first kappa shape index (κ1) is 31.4. The highest BCUT2D eigenvalue weighted by Gasteiger charge is 2.19. The molecule has 2 amide bonds. The third-order valence-corrected chi connectivity index (χ3v) is 6.99. The van der Waals surface area contributed by atoms with Crippen LogP contribution in [0.25, 0.3) is 22.4 Å². The van der Waals surface area contributed by atoms with Crippen LogP contribution in [0.2, 0.25) is 5.02 Å². The predicted molar refractivity (Wildman–Crippen MR) is 168 cm³/mol. The maximum absolute atomic E-state index is 13.5. The Morgan fingerprint density at radius 2 is 1.70 bits per heavy atom. The van der Waals surface area contributed by atoms with Crippen LogP contribution in [0.5, 0.6) is 0 Å². The number of aryl methyl sites for hydroxylation is 1. The van der Waals surface area contributed by atoms with Crippen molar-refractivity contribution in [3.05, 3.63) is 106 Å². The quantitative estimate of drug-likeness (QED) is 0.180. The number of aromatic nitrogens is 1. The number of ether oxygens (including phenoxy) is 2. The van der Waals surface area contributed by atoms with Crippen molar-refractivity contribution < 1.29 is 23.9 Å². The minimum absolute atomic E-state index is 0.222. The largest absolute Gasteiger partial charge is 0.465 e. The number of methoxy groups -OCH3 is 1. The smallest absolute Gasteiger partial charge is 0.407 e. The average molecular weight is 602 g/mol. The molecule has 4 rings (SSSR count). The van der Waals surface area contributed by atoms with Crippen molar-refractivity contribution in [2.75, 3.05) is 7.11 Å². The van der Waals surface area contributed by atoms with Gasteiger partial charge in [-0.05, 0) is 110 Å². The number of benzene rings is 3. The van der Waals surface area contributed by atoms with Crippen LogP contribution in [-0.4, -0.2) is 35.7 Å². The molecule has 0 aliphatic heterocycles. The van der Waals surface area contributed by atoms with Gasteiger partial charge in [-0.3, -0.25) is 4.79 Å². The normalized spacial score (nSPS) is 11.9. The van der Waals surface area contributed by atoms with Gasteiger partial charge < -0.3 is 25.1 Å². The summed E-state index contributed by atoms with van der Waals surface area (Å²) in [5.41, 5.74) is 6.11. The van der Waals surface area contributed by atoms with Gasteiger partial charge in [0, 0.05) is 29.0 Å². The van der Waals surface area contributed by atoms with Gasteiger partial charge in [-0.25, -0.2) is 9.59 Å². The second-order valence-electron chi connectivity index (χ2n) is 11.3. The van der Waals surface area contributed by atoms with Crippen molar-refractivity contribution in [1.29, 1.82) is 0 Å². The van der Waals surface area contributed by atoms with Crippen molar-refractivity contribution in [2.24, 2.45) is 0 Å². The zero-order valence-electron chi connectivity index (χ0n) is 25.1. The van der Waals surface area contributed by atoms with Crippen LogP contribution in [0.15, 0.2) is 72.9 Å². The highest BCUT2D eigenvalue weighted by atomic mass is 35.5. The second kappa shape index (κ2) is 13.2. The van der Waals surface area contributed by atoms with Crippen LogP contribution in [0, 0.1) is 6.92 Å². The highest BCUT2D eigenvalue weighted by Crippen LogP contribution is 2.32. The molecule has 0 saturated carbocycles. The molecule has 3 N–H and O–H groups in total. The Morgan fingerprint density at radius 1 is 0.953 bits per heavy atom. The van der Waals surface area contributed by atoms with E-state index in [2.05, 4.69) is 15.6 Å². The molecule has 0 fully saturated rings. The standard InChI is InChI=1S/C34H36ClN3O5/c1-20-10-11-22(18-37-33(41)43-34(3,4)5)12-29(20)31(39)38-21(2)24-13-25(23-8-7-9-28(35)16-23)15-26(14-24)30-17-27(19-36-30)32(40)42-6/h7-17,19,21,36H,18H2,1-6H3,(H,37,41)(H,38,39). The van der Waals surface area contributed by atoms with E-state index in [4.69, 9.17) is 21.1 Å². The number of rotatable bonds is 8. The third-order valence-electron chi connectivity index (χ3n) is 6.76. The number of amides is 2. The number of halogens is 1. The molecule has 224 valence electrons. The lowest BCUT2D eigenvalue weighted by Crippen LogP contribution is -2.32. The Kier molecular flexibility index (Phi) is 9.61. The Balaban J connectivity index is 1.60. The Hall–Kier alpha value is -4.56. The molecule has 1 heterocycles. The molecule has 43 heavy (non-hydrogen) atoms. The van der Waals surface area contributed by atoms with Crippen LogP contribution >= 0.6 is 11.6 Å². The molecule has 0 aliphatic rings. The van der Waals surface area contributed by atoms with Gasteiger partial charge in [-0.2, -0.15) is 0 Å². The third kappa shape index (κ3) is 8.26. The van der Waals surface area contributed by atoms with Gasteiger partial charge in [-0.1, -0.05) is 35.9 Å². The molecule has 0 saturated heterocycles. The van der Waals surface area contributed by atoms with E-state index in [0.717, 1.165) is 39.1 Å². The number of esters is 1. The number of nitrogens with one attached hydrogen (secondary N) is 3. The lowest BCUT2D eigenvalue weighted by atomic mass is 9.95. The molecule has 0 spiro atoms. The Labute approximate surface area is 256 Å². The fourth-order valence-electron chi connectivity index (χ4n) is 4.56. The van der Waals surface area contributed by atoms with Crippen LogP contribution in [-0.2, 0) is 16.0 Å². The first-order valence-corrected chi connectivity index (χ1v) is 14.3. The van der Waals surface area contributed by atoms with Crippen LogP contribution < -0.4 is 10.6 Å². The Morgan fingerprint density at radius 3 is 2.40 bits per heavy atom. The maximum Gasteiger partial charge on any atom is 0.407 e. The van der Waals surface area contributed by atoms with Crippen molar-refractivity contribution in [1.82, 2.24) is 15.6 Å². The number of hydrogen-bond donors (Lipinski definition) is 3. The number of hydrogen-bond acceptors (Lipinski definition) is 5. The van der Waals surface area contributed by atoms with Gasteiger partial charge in [0.05, 0.1) is 18.7 Å². The molecule has 0 radical (unpaired) electrons. The molecule has 0 aliphatic carbocycles. The molecular weight excluding hydrogens is 566 g/mol. The van der Waals surface area contributed by atoms with Crippen LogP contribution in [0.3, 0.4) is 0 Å². The number of H-pyrrole nitrogens is 1. The minimum Gasteiger partial charge on any atom is -0.465 e.